The van der Waals surface area contributed by atoms with Gasteiger partial charge in [0.2, 0.25) is 10.0 Å². The average molecular weight is 400 g/mol. The molecule has 2 aromatic carbocycles. The number of nitrogens with one attached hydrogen (secondary N) is 1. The highest BCUT2D eigenvalue weighted by molar-refractivity contribution is 7.92. The van der Waals surface area contributed by atoms with Gasteiger partial charge in [0.15, 0.2) is 0 Å². The van der Waals surface area contributed by atoms with Gasteiger partial charge in [-0.2, -0.15) is 4.31 Å². The summed E-state index contributed by atoms with van der Waals surface area (Å²) in [6.07, 6.45) is 0. The topological polar surface area (TPSA) is 83.6 Å². The molecule has 0 radical (unpaired) electrons. The molecule has 26 heavy (non-hydrogen) atoms. The maximum absolute atomic E-state index is 13.0. The Hall–Kier alpha value is -1.97. The molecule has 0 aromatic heterocycles. The van der Waals surface area contributed by atoms with Crippen LogP contribution in [-0.4, -0.2) is 34.2 Å². The van der Waals surface area contributed by atoms with Gasteiger partial charge in [-0.25, -0.2) is 21.2 Å². The minimum atomic E-state index is -3.96. The van der Waals surface area contributed by atoms with Crippen LogP contribution in [0, 0.1) is 12.7 Å². The van der Waals surface area contributed by atoms with Crippen LogP contribution in [-0.2, 0) is 20.0 Å². The van der Waals surface area contributed by atoms with Crippen LogP contribution in [0.25, 0.3) is 0 Å². The third-order valence-corrected chi connectivity index (χ3v) is 7.48. The van der Waals surface area contributed by atoms with Gasteiger partial charge in [0, 0.05) is 13.1 Å². The molecule has 2 aromatic rings. The predicted octanol–water partition coefficient (Wildman–Crippen LogP) is 2.97. The molecular formula is C17H21FN2O4S2. The summed E-state index contributed by atoms with van der Waals surface area (Å²) < 4.78 is 66.9. The largest absolute Gasteiger partial charge is 0.280 e. The van der Waals surface area contributed by atoms with Crippen molar-refractivity contribution in [3.63, 3.8) is 0 Å². The van der Waals surface area contributed by atoms with E-state index in [9.17, 15) is 21.2 Å². The predicted molar refractivity (Wildman–Crippen MR) is 98.5 cm³/mol. The molecule has 0 aliphatic heterocycles. The lowest BCUT2D eigenvalue weighted by molar-refractivity contribution is 0.445. The van der Waals surface area contributed by atoms with Crippen molar-refractivity contribution in [2.75, 3.05) is 17.8 Å². The minimum Gasteiger partial charge on any atom is -0.280 e. The van der Waals surface area contributed by atoms with Crippen molar-refractivity contribution in [3.05, 3.63) is 53.8 Å². The van der Waals surface area contributed by atoms with Crippen molar-refractivity contribution in [1.29, 1.82) is 0 Å². The maximum Gasteiger partial charge on any atom is 0.261 e. The van der Waals surface area contributed by atoms with Crippen LogP contribution in [0.15, 0.2) is 52.3 Å². The minimum absolute atomic E-state index is 0.0421. The van der Waals surface area contributed by atoms with Gasteiger partial charge < -0.3 is 0 Å². The van der Waals surface area contributed by atoms with E-state index in [-0.39, 0.29) is 15.5 Å². The van der Waals surface area contributed by atoms with Crippen LogP contribution >= 0.6 is 0 Å². The monoisotopic (exact) mass is 400 g/mol. The summed E-state index contributed by atoms with van der Waals surface area (Å²) in [5.74, 6) is -0.549. The quantitative estimate of drug-likeness (QED) is 0.774. The fraction of sp³-hybridized carbons (Fsp3) is 0.294. The van der Waals surface area contributed by atoms with Crippen molar-refractivity contribution < 1.29 is 21.2 Å². The van der Waals surface area contributed by atoms with Crippen LogP contribution in [0.5, 0.6) is 0 Å². The lowest BCUT2D eigenvalue weighted by atomic mass is 10.2. The van der Waals surface area contributed by atoms with E-state index in [0.717, 1.165) is 24.3 Å². The molecule has 0 aliphatic carbocycles. The lowest BCUT2D eigenvalue weighted by Gasteiger charge is -2.20. The van der Waals surface area contributed by atoms with Crippen molar-refractivity contribution in [3.8, 4) is 0 Å². The first kappa shape index (κ1) is 20.3. The maximum atomic E-state index is 13.0. The van der Waals surface area contributed by atoms with Crippen molar-refractivity contribution >= 4 is 25.7 Å². The van der Waals surface area contributed by atoms with Crippen molar-refractivity contribution in [1.82, 2.24) is 4.31 Å². The second-order valence-electron chi connectivity index (χ2n) is 5.63. The first-order valence-corrected chi connectivity index (χ1v) is 10.9. The number of nitrogens with zero attached hydrogens (tertiary/aromatic N) is 1. The van der Waals surface area contributed by atoms with Crippen LogP contribution < -0.4 is 4.72 Å². The number of hydrogen-bond donors (Lipinski definition) is 1. The Morgan fingerprint density at radius 2 is 1.54 bits per heavy atom. The molecule has 0 atom stereocenters. The Morgan fingerprint density at radius 1 is 0.962 bits per heavy atom. The number of sulfonamides is 2. The first-order valence-electron chi connectivity index (χ1n) is 8.01. The molecule has 0 heterocycles. The third-order valence-electron chi connectivity index (χ3n) is 3.89. The normalized spacial score (nSPS) is 12.3. The van der Waals surface area contributed by atoms with E-state index in [1.54, 1.807) is 26.8 Å². The second-order valence-corrected chi connectivity index (χ2v) is 9.22. The van der Waals surface area contributed by atoms with Gasteiger partial charge in [-0.3, -0.25) is 4.72 Å². The summed E-state index contributed by atoms with van der Waals surface area (Å²) in [7, 11) is -7.69. The van der Waals surface area contributed by atoms with Crippen LogP contribution in [0.1, 0.15) is 19.4 Å². The SMILES string of the molecule is CCN(CC)S(=O)(=O)c1cc(NS(=O)(=O)c2ccc(F)cc2)ccc1C. The molecule has 2 rings (SSSR count). The number of aryl methyl sites for hydroxylation is 1. The molecule has 0 aliphatic rings. The summed E-state index contributed by atoms with van der Waals surface area (Å²) in [6.45, 7) is 5.73. The molecule has 9 heteroatoms. The van der Waals surface area contributed by atoms with Gasteiger partial charge >= 0.3 is 0 Å². The molecular weight excluding hydrogens is 379 g/mol. The van der Waals surface area contributed by atoms with Crippen LogP contribution in [0.3, 0.4) is 0 Å². The molecule has 0 fully saturated rings. The van der Waals surface area contributed by atoms with Gasteiger partial charge in [0.1, 0.15) is 5.82 Å². The molecule has 142 valence electrons. The molecule has 1 N–H and O–H groups in total. The van der Waals surface area contributed by atoms with Crippen molar-refractivity contribution in [2.45, 2.75) is 30.6 Å². The summed E-state index contributed by atoms with van der Waals surface area (Å²) in [5, 5.41) is 0. The van der Waals surface area contributed by atoms with Crippen LogP contribution in [0.4, 0.5) is 10.1 Å². The highest BCUT2D eigenvalue weighted by atomic mass is 32.2. The number of halogens is 1. The average Bonchev–Trinajstić information content (AvgIpc) is 2.57. The molecule has 6 nitrogen and oxygen atoms in total. The van der Waals surface area contributed by atoms with Crippen LogP contribution in [0.2, 0.25) is 0 Å². The standard InChI is InChI=1S/C17H21FN2O4S2/c1-4-20(5-2)26(23,24)17-12-15(9-6-13(17)3)19-25(21,22)16-10-7-14(18)8-11-16/h6-12,19H,4-5H2,1-3H3. The van der Waals surface area contributed by atoms with Gasteiger partial charge in [0.25, 0.3) is 10.0 Å². The molecule has 0 unspecified atom stereocenters. The van der Waals surface area contributed by atoms with Gasteiger partial charge in [0.05, 0.1) is 15.5 Å². The fourth-order valence-corrected chi connectivity index (χ4v) is 5.23. The fourth-order valence-electron chi connectivity index (χ4n) is 2.47. The molecule has 0 amide bonds. The molecule has 0 saturated carbocycles. The van der Waals surface area contributed by atoms with E-state index in [0.29, 0.717) is 18.7 Å². The molecule has 0 spiro atoms. The summed E-state index contributed by atoms with van der Waals surface area (Å²) >= 11 is 0. The van der Waals surface area contributed by atoms with E-state index in [1.807, 2.05) is 0 Å². The summed E-state index contributed by atoms with van der Waals surface area (Å²) in [5.41, 5.74) is 0.632. The smallest absolute Gasteiger partial charge is 0.261 e. The number of rotatable bonds is 7. The molecule has 0 bridgehead atoms. The Balaban J connectivity index is 2.42. The van der Waals surface area contributed by atoms with E-state index in [4.69, 9.17) is 0 Å². The number of hydrogen-bond acceptors (Lipinski definition) is 4. The van der Waals surface area contributed by atoms with E-state index >= 15 is 0 Å². The zero-order valence-electron chi connectivity index (χ0n) is 14.7. The van der Waals surface area contributed by atoms with Gasteiger partial charge in [-0.15, -0.1) is 0 Å². The number of benzene rings is 2. The Labute approximate surface area is 153 Å². The first-order chi connectivity index (χ1) is 12.1. The lowest BCUT2D eigenvalue weighted by Crippen LogP contribution is -2.31. The zero-order chi connectivity index (χ0) is 19.5. The van der Waals surface area contributed by atoms with E-state index in [2.05, 4.69) is 4.72 Å². The number of anilines is 1. The van der Waals surface area contributed by atoms with E-state index in [1.165, 1.54) is 16.4 Å². The summed E-state index contributed by atoms with van der Waals surface area (Å²) in [4.78, 5) is -0.0758. The second kappa shape index (κ2) is 7.73. The highest BCUT2D eigenvalue weighted by Crippen LogP contribution is 2.25. The highest BCUT2D eigenvalue weighted by Gasteiger charge is 2.24. The Bertz CT molecular complexity index is 984. The molecule has 0 saturated heterocycles. The van der Waals surface area contributed by atoms with Gasteiger partial charge in [-0.1, -0.05) is 19.9 Å². The van der Waals surface area contributed by atoms with E-state index < -0.39 is 25.9 Å². The zero-order valence-corrected chi connectivity index (χ0v) is 16.4. The third kappa shape index (κ3) is 4.22. The van der Waals surface area contributed by atoms with Gasteiger partial charge in [-0.05, 0) is 48.9 Å². The Morgan fingerprint density at radius 3 is 2.08 bits per heavy atom. The Kier molecular flexibility index (Phi) is 6.05. The van der Waals surface area contributed by atoms with Crippen molar-refractivity contribution in [2.24, 2.45) is 0 Å². The summed E-state index contributed by atoms with van der Waals surface area (Å²) in [6, 6.07) is 8.68.